The van der Waals surface area contributed by atoms with E-state index < -0.39 is 10.1 Å². The first kappa shape index (κ1) is 25.7. The van der Waals surface area contributed by atoms with Gasteiger partial charge in [0.05, 0.1) is 18.1 Å². The zero-order valence-electron chi connectivity index (χ0n) is 21.4. The molecular formula is C28H32N2O5S. The van der Waals surface area contributed by atoms with Crippen LogP contribution in [0.3, 0.4) is 0 Å². The molecule has 0 bridgehead atoms. The van der Waals surface area contributed by atoms with Crippen LogP contribution in [0.15, 0.2) is 63.9 Å². The third-order valence-electron chi connectivity index (χ3n) is 6.68. The first-order valence-electron chi connectivity index (χ1n) is 12.2. The molecule has 0 fully saturated rings. The molecule has 2 aromatic carbocycles. The lowest BCUT2D eigenvalue weighted by Crippen LogP contribution is -2.29. The molecule has 190 valence electrons. The van der Waals surface area contributed by atoms with E-state index >= 15 is 0 Å². The summed E-state index contributed by atoms with van der Waals surface area (Å²) in [6.45, 7) is 11.9. The number of nitrogens with zero attached hydrogens (tertiary/aromatic N) is 2. The fourth-order valence-electron chi connectivity index (χ4n) is 4.76. The first-order valence-corrected chi connectivity index (χ1v) is 13.6. The fraction of sp³-hybridized carbons (Fsp3) is 0.321. The summed E-state index contributed by atoms with van der Waals surface area (Å²) in [6, 6.07) is 16.5. The maximum atomic E-state index is 11.7. The van der Waals surface area contributed by atoms with Gasteiger partial charge in [-0.05, 0) is 64.1 Å². The Morgan fingerprint density at radius 1 is 0.917 bits per heavy atom. The molecule has 2 aromatic rings. The summed E-state index contributed by atoms with van der Waals surface area (Å²) in [5.74, 6) is 1.02. The van der Waals surface area contributed by atoms with E-state index in [9.17, 15) is 13.0 Å². The summed E-state index contributed by atoms with van der Waals surface area (Å²) < 4.78 is 49.3. The molecule has 4 rings (SSSR count). The topological polar surface area (TPSA) is 85.8 Å². The second kappa shape index (κ2) is 10.3. The molecule has 0 N–H and O–H groups in total. The summed E-state index contributed by atoms with van der Waals surface area (Å²) in [5, 5.41) is 1.92. The third kappa shape index (κ3) is 4.70. The highest BCUT2D eigenvalue weighted by atomic mass is 32.2. The van der Waals surface area contributed by atoms with Crippen molar-refractivity contribution in [2.24, 2.45) is 0 Å². The highest BCUT2D eigenvalue weighted by molar-refractivity contribution is 7.85. The molecule has 0 saturated carbocycles. The van der Waals surface area contributed by atoms with Crippen molar-refractivity contribution >= 4 is 26.8 Å². The van der Waals surface area contributed by atoms with Crippen LogP contribution in [0.5, 0.6) is 5.75 Å². The van der Waals surface area contributed by atoms with E-state index in [1.165, 1.54) is 19.2 Å². The zero-order valence-corrected chi connectivity index (χ0v) is 22.2. The van der Waals surface area contributed by atoms with Crippen LogP contribution in [-0.4, -0.2) is 46.3 Å². The lowest BCUT2D eigenvalue weighted by molar-refractivity contribution is 0.413. The van der Waals surface area contributed by atoms with Gasteiger partial charge in [0.25, 0.3) is 0 Å². The lowest BCUT2D eigenvalue weighted by atomic mass is 9.93. The van der Waals surface area contributed by atoms with E-state index in [0.717, 1.165) is 53.7 Å². The van der Waals surface area contributed by atoms with E-state index in [1.54, 1.807) is 6.07 Å². The molecule has 0 aromatic heterocycles. The summed E-state index contributed by atoms with van der Waals surface area (Å²) in [6.07, 6.45) is 0. The lowest BCUT2D eigenvalue weighted by Gasteiger charge is -2.23. The van der Waals surface area contributed by atoms with Crippen LogP contribution in [0.2, 0.25) is 0 Å². The Morgan fingerprint density at radius 3 is 2.22 bits per heavy atom. The molecule has 8 heteroatoms. The van der Waals surface area contributed by atoms with Crippen LogP contribution in [0, 0.1) is 0 Å². The Labute approximate surface area is 212 Å². The van der Waals surface area contributed by atoms with Gasteiger partial charge in [0.2, 0.25) is 5.36 Å². The van der Waals surface area contributed by atoms with Gasteiger partial charge in [0, 0.05) is 53.0 Å². The van der Waals surface area contributed by atoms with Gasteiger partial charge in [0.1, 0.15) is 40.3 Å². The number of rotatable bonds is 8. The SMILES string of the molecule is CCN(CC)c1ccc2c(-c3ccc(S(=O)(=O)[O-])cc3OC)c3ccc(=[N+](CC)CC)cc-3oc2c1. The van der Waals surface area contributed by atoms with Gasteiger partial charge in [-0.3, -0.25) is 0 Å². The van der Waals surface area contributed by atoms with Crippen molar-refractivity contribution in [3.05, 3.63) is 60.0 Å². The average molecular weight is 509 g/mol. The minimum Gasteiger partial charge on any atom is -0.744 e. The van der Waals surface area contributed by atoms with Gasteiger partial charge >= 0.3 is 0 Å². The van der Waals surface area contributed by atoms with Crippen LogP contribution in [0.25, 0.3) is 33.4 Å². The van der Waals surface area contributed by atoms with Crippen molar-refractivity contribution in [3.8, 4) is 28.2 Å². The monoisotopic (exact) mass is 508 g/mol. The standard InChI is InChI=1S/C28H32N2O5S/c1-6-29(7-2)19-10-13-23-26(16-19)35-27-17-20(30(8-3)9-4)11-14-24(27)28(23)22-15-12-21(36(31,32)33)18-25(22)34-5/h10-18H,6-9H2,1-5H3. The molecular weight excluding hydrogens is 476 g/mol. The second-order valence-corrected chi connectivity index (χ2v) is 9.88. The van der Waals surface area contributed by atoms with Crippen molar-refractivity contribution in [2.75, 3.05) is 38.2 Å². The molecule has 0 amide bonds. The smallest absolute Gasteiger partial charge is 0.203 e. The van der Waals surface area contributed by atoms with Crippen LogP contribution >= 0.6 is 0 Å². The minimum absolute atomic E-state index is 0.307. The summed E-state index contributed by atoms with van der Waals surface area (Å²) in [4.78, 5) is 1.92. The predicted octanol–water partition coefficient (Wildman–Crippen LogP) is 4.78. The van der Waals surface area contributed by atoms with Crippen molar-refractivity contribution < 1.29 is 22.1 Å². The number of hydrogen-bond acceptors (Lipinski definition) is 6. The normalized spacial score (nSPS) is 11.7. The molecule has 36 heavy (non-hydrogen) atoms. The van der Waals surface area contributed by atoms with Crippen LogP contribution < -0.4 is 19.6 Å². The number of ether oxygens (including phenoxy) is 1. The minimum atomic E-state index is -4.62. The Kier molecular flexibility index (Phi) is 7.38. The first-order chi connectivity index (χ1) is 17.2. The summed E-state index contributed by atoms with van der Waals surface area (Å²) >= 11 is 0. The molecule has 7 nitrogen and oxygen atoms in total. The van der Waals surface area contributed by atoms with Gasteiger partial charge < -0.3 is 18.6 Å². The van der Waals surface area contributed by atoms with E-state index in [0.29, 0.717) is 22.7 Å². The third-order valence-corrected chi connectivity index (χ3v) is 7.51. The average Bonchev–Trinajstić information content (AvgIpc) is 2.87. The predicted molar refractivity (Wildman–Crippen MR) is 143 cm³/mol. The van der Waals surface area contributed by atoms with E-state index in [4.69, 9.17) is 9.15 Å². The Balaban J connectivity index is 2.12. The van der Waals surface area contributed by atoms with Crippen LogP contribution in [-0.2, 0) is 10.1 Å². The van der Waals surface area contributed by atoms with Crippen molar-refractivity contribution in [1.29, 1.82) is 0 Å². The molecule has 0 unspecified atom stereocenters. The molecule has 1 aliphatic heterocycles. The van der Waals surface area contributed by atoms with Gasteiger partial charge in [0.15, 0.2) is 0 Å². The van der Waals surface area contributed by atoms with Crippen molar-refractivity contribution in [3.63, 3.8) is 0 Å². The van der Waals surface area contributed by atoms with E-state index in [-0.39, 0.29) is 4.90 Å². The molecule has 1 heterocycles. The Hall–Kier alpha value is -3.36. The Bertz CT molecular complexity index is 1550. The quantitative estimate of drug-likeness (QED) is 0.194. The summed E-state index contributed by atoms with van der Waals surface area (Å²) in [7, 11) is -3.15. The number of methoxy groups -OCH3 is 1. The van der Waals surface area contributed by atoms with Crippen LogP contribution in [0.1, 0.15) is 27.7 Å². The number of fused-ring (bicyclic) bond motifs is 2. The molecule has 1 aliphatic carbocycles. The maximum Gasteiger partial charge on any atom is 0.203 e. The van der Waals surface area contributed by atoms with Gasteiger partial charge in [-0.15, -0.1) is 0 Å². The van der Waals surface area contributed by atoms with E-state index in [2.05, 4.69) is 49.3 Å². The van der Waals surface area contributed by atoms with Crippen molar-refractivity contribution in [2.45, 2.75) is 32.6 Å². The molecule has 0 atom stereocenters. The molecule has 2 aliphatic rings. The van der Waals surface area contributed by atoms with Gasteiger partial charge in [-0.25, -0.2) is 13.0 Å². The highest BCUT2D eigenvalue weighted by Crippen LogP contribution is 2.44. The number of benzene rings is 3. The molecule has 0 radical (unpaired) electrons. The number of anilines is 1. The largest absolute Gasteiger partial charge is 0.744 e. The Morgan fingerprint density at radius 2 is 1.61 bits per heavy atom. The second-order valence-electron chi connectivity index (χ2n) is 8.50. The molecule has 0 spiro atoms. The van der Waals surface area contributed by atoms with Crippen molar-refractivity contribution in [1.82, 2.24) is 4.58 Å². The highest BCUT2D eigenvalue weighted by Gasteiger charge is 2.22. The van der Waals surface area contributed by atoms with Gasteiger partial charge in [-0.2, -0.15) is 0 Å². The zero-order chi connectivity index (χ0) is 26.0. The summed E-state index contributed by atoms with van der Waals surface area (Å²) in [5.41, 5.74) is 4.17. The van der Waals surface area contributed by atoms with E-state index in [1.807, 2.05) is 24.3 Å². The number of hydrogen-bond donors (Lipinski definition) is 0. The van der Waals surface area contributed by atoms with Gasteiger partial charge in [-0.1, -0.05) is 0 Å². The molecule has 0 saturated heterocycles. The fourth-order valence-corrected chi connectivity index (χ4v) is 5.25. The maximum absolute atomic E-state index is 11.7. The van der Waals surface area contributed by atoms with Crippen LogP contribution in [0.4, 0.5) is 5.69 Å².